The quantitative estimate of drug-likeness (QED) is 0.750. The van der Waals surface area contributed by atoms with Crippen LogP contribution in [0.2, 0.25) is 0 Å². The molecule has 4 heteroatoms. The fraction of sp³-hybridized carbons (Fsp3) is 0.462. The molecule has 0 aliphatic heterocycles. The number of carbonyl (C=O) groups excluding carboxylic acids is 1. The Hall–Kier alpha value is -1.71. The van der Waals surface area contributed by atoms with Crippen LogP contribution in [0.25, 0.3) is 0 Å². The minimum Gasteiger partial charge on any atom is -0.493 e. The van der Waals surface area contributed by atoms with E-state index in [0.29, 0.717) is 11.5 Å². The van der Waals surface area contributed by atoms with Gasteiger partial charge in [0.2, 0.25) is 0 Å². The third kappa shape index (κ3) is 2.20. The number of benzene rings is 1. The van der Waals surface area contributed by atoms with Crippen molar-refractivity contribution in [3.05, 3.63) is 23.8 Å². The molecule has 1 aromatic rings. The van der Waals surface area contributed by atoms with Gasteiger partial charge in [0.15, 0.2) is 11.5 Å². The van der Waals surface area contributed by atoms with E-state index in [1.165, 1.54) is 7.11 Å². The van der Waals surface area contributed by atoms with Crippen molar-refractivity contribution in [2.45, 2.75) is 12.3 Å². The van der Waals surface area contributed by atoms with Gasteiger partial charge in [-0.15, -0.1) is 0 Å². The minimum atomic E-state index is -0.134. The Bertz CT molecular complexity index is 427. The van der Waals surface area contributed by atoms with Crippen LogP contribution in [-0.2, 0) is 9.53 Å². The van der Waals surface area contributed by atoms with Gasteiger partial charge in [-0.3, -0.25) is 4.79 Å². The second-order valence-electron chi connectivity index (χ2n) is 4.09. The number of ether oxygens (including phenoxy) is 3. The molecule has 1 saturated carbocycles. The molecule has 2 rings (SSSR count). The topological polar surface area (TPSA) is 44.8 Å². The van der Waals surface area contributed by atoms with Gasteiger partial charge in [0.25, 0.3) is 0 Å². The second-order valence-corrected chi connectivity index (χ2v) is 4.09. The summed E-state index contributed by atoms with van der Waals surface area (Å²) in [6.45, 7) is 0. The first kappa shape index (κ1) is 11.8. The number of methoxy groups -OCH3 is 3. The van der Waals surface area contributed by atoms with Gasteiger partial charge in [-0.2, -0.15) is 0 Å². The highest BCUT2D eigenvalue weighted by Crippen LogP contribution is 2.49. The highest BCUT2D eigenvalue weighted by molar-refractivity contribution is 5.77. The molecular formula is C13H16O4. The van der Waals surface area contributed by atoms with Crippen molar-refractivity contribution in [1.29, 1.82) is 0 Å². The molecule has 0 bridgehead atoms. The molecule has 0 N–H and O–H groups in total. The third-order valence-corrected chi connectivity index (χ3v) is 3.13. The van der Waals surface area contributed by atoms with Crippen LogP contribution in [0, 0.1) is 5.92 Å². The Balaban J connectivity index is 2.16. The molecule has 92 valence electrons. The lowest BCUT2D eigenvalue weighted by Crippen LogP contribution is -2.04. The summed E-state index contributed by atoms with van der Waals surface area (Å²) in [5.41, 5.74) is 1.10. The van der Waals surface area contributed by atoms with Crippen LogP contribution in [0.4, 0.5) is 0 Å². The predicted octanol–water partition coefficient (Wildman–Crippen LogP) is 1.98. The van der Waals surface area contributed by atoms with Gasteiger partial charge in [-0.1, -0.05) is 6.07 Å². The summed E-state index contributed by atoms with van der Waals surface area (Å²) < 4.78 is 15.1. The molecule has 0 heterocycles. The van der Waals surface area contributed by atoms with Crippen molar-refractivity contribution in [2.75, 3.05) is 21.3 Å². The number of rotatable bonds is 4. The molecule has 0 saturated heterocycles. The number of hydrogen-bond acceptors (Lipinski definition) is 4. The predicted molar refractivity (Wildman–Crippen MR) is 62.4 cm³/mol. The van der Waals surface area contributed by atoms with Gasteiger partial charge in [0.05, 0.1) is 27.2 Å². The number of hydrogen-bond donors (Lipinski definition) is 0. The van der Waals surface area contributed by atoms with E-state index >= 15 is 0 Å². The fourth-order valence-electron chi connectivity index (χ4n) is 2.06. The Morgan fingerprint density at radius 3 is 2.47 bits per heavy atom. The first-order valence-electron chi connectivity index (χ1n) is 5.51. The van der Waals surface area contributed by atoms with Crippen molar-refractivity contribution in [2.24, 2.45) is 5.92 Å². The lowest BCUT2D eigenvalue weighted by atomic mass is 10.1. The number of esters is 1. The van der Waals surface area contributed by atoms with Gasteiger partial charge < -0.3 is 14.2 Å². The van der Waals surface area contributed by atoms with Gasteiger partial charge in [-0.05, 0) is 30.0 Å². The average Bonchev–Trinajstić information content (AvgIpc) is 3.17. The van der Waals surface area contributed by atoms with Crippen LogP contribution in [0.5, 0.6) is 11.5 Å². The van der Waals surface area contributed by atoms with Crippen LogP contribution in [0.1, 0.15) is 17.9 Å². The van der Waals surface area contributed by atoms with Crippen molar-refractivity contribution in [3.8, 4) is 11.5 Å². The lowest BCUT2D eigenvalue weighted by Gasteiger charge is -2.09. The largest absolute Gasteiger partial charge is 0.493 e. The maximum Gasteiger partial charge on any atom is 0.309 e. The van der Waals surface area contributed by atoms with Gasteiger partial charge >= 0.3 is 5.97 Å². The molecule has 1 aliphatic rings. The van der Waals surface area contributed by atoms with Gasteiger partial charge in [0.1, 0.15) is 0 Å². The van der Waals surface area contributed by atoms with E-state index in [-0.39, 0.29) is 17.8 Å². The van der Waals surface area contributed by atoms with Gasteiger partial charge in [-0.25, -0.2) is 0 Å². The van der Waals surface area contributed by atoms with Crippen LogP contribution in [-0.4, -0.2) is 27.3 Å². The fourth-order valence-corrected chi connectivity index (χ4v) is 2.06. The number of carbonyl (C=O) groups is 1. The van der Waals surface area contributed by atoms with Crippen LogP contribution >= 0.6 is 0 Å². The zero-order valence-corrected chi connectivity index (χ0v) is 10.2. The van der Waals surface area contributed by atoms with E-state index in [2.05, 4.69) is 0 Å². The molecule has 0 aromatic heterocycles. The summed E-state index contributed by atoms with van der Waals surface area (Å²) in [5, 5.41) is 0. The summed E-state index contributed by atoms with van der Waals surface area (Å²) in [6.07, 6.45) is 0.849. The van der Waals surface area contributed by atoms with E-state index in [1.807, 2.05) is 18.2 Å². The smallest absolute Gasteiger partial charge is 0.309 e. The maximum absolute atomic E-state index is 11.4. The third-order valence-electron chi connectivity index (χ3n) is 3.13. The Kier molecular flexibility index (Phi) is 3.22. The monoisotopic (exact) mass is 236 g/mol. The van der Waals surface area contributed by atoms with Crippen LogP contribution in [0.15, 0.2) is 18.2 Å². The highest BCUT2D eigenvalue weighted by atomic mass is 16.5. The van der Waals surface area contributed by atoms with E-state index in [0.717, 1.165) is 12.0 Å². The standard InChI is InChI=1S/C13H16O4/c1-15-11-5-4-8(6-12(11)16-2)9-7-10(9)13(14)17-3/h4-6,9-10H,7H2,1-3H3/t9-,10-/m1/s1. The molecule has 0 radical (unpaired) electrons. The maximum atomic E-state index is 11.4. The molecule has 1 aromatic carbocycles. The van der Waals surface area contributed by atoms with Gasteiger partial charge in [0, 0.05) is 0 Å². The zero-order valence-electron chi connectivity index (χ0n) is 10.2. The van der Waals surface area contributed by atoms with E-state index < -0.39 is 0 Å². The first-order chi connectivity index (χ1) is 8.21. The SMILES string of the molecule is COC(=O)[C@@H]1C[C@@H]1c1ccc(OC)c(OC)c1. The molecular weight excluding hydrogens is 220 g/mol. The summed E-state index contributed by atoms with van der Waals surface area (Å²) in [5.74, 6) is 1.51. The Morgan fingerprint density at radius 2 is 1.88 bits per heavy atom. The summed E-state index contributed by atoms with van der Waals surface area (Å²) >= 11 is 0. The van der Waals surface area contributed by atoms with Crippen molar-refractivity contribution in [3.63, 3.8) is 0 Å². The van der Waals surface area contributed by atoms with Crippen molar-refractivity contribution in [1.82, 2.24) is 0 Å². The molecule has 0 amide bonds. The molecule has 1 fully saturated rings. The Labute approximate surface area is 100 Å². The summed E-state index contributed by atoms with van der Waals surface area (Å²) in [4.78, 5) is 11.4. The summed E-state index contributed by atoms with van der Waals surface area (Å²) in [7, 11) is 4.63. The molecule has 0 spiro atoms. The first-order valence-corrected chi connectivity index (χ1v) is 5.51. The van der Waals surface area contributed by atoms with Crippen LogP contribution in [0.3, 0.4) is 0 Å². The second kappa shape index (κ2) is 4.65. The van der Waals surface area contributed by atoms with Crippen LogP contribution < -0.4 is 9.47 Å². The molecule has 4 nitrogen and oxygen atoms in total. The molecule has 1 aliphatic carbocycles. The molecule has 2 atom stereocenters. The van der Waals surface area contributed by atoms with Crippen molar-refractivity contribution >= 4 is 5.97 Å². The van der Waals surface area contributed by atoms with E-state index in [1.54, 1.807) is 14.2 Å². The summed E-state index contributed by atoms with van der Waals surface area (Å²) in [6, 6.07) is 5.75. The van der Waals surface area contributed by atoms with E-state index in [4.69, 9.17) is 14.2 Å². The molecule has 0 unspecified atom stereocenters. The lowest BCUT2D eigenvalue weighted by molar-refractivity contribution is -0.142. The zero-order chi connectivity index (χ0) is 12.4. The van der Waals surface area contributed by atoms with E-state index in [9.17, 15) is 4.79 Å². The van der Waals surface area contributed by atoms with Crippen molar-refractivity contribution < 1.29 is 19.0 Å². The minimum absolute atomic E-state index is 0.00176. The normalized spacial score (nSPS) is 21.8. The Morgan fingerprint density at radius 1 is 1.18 bits per heavy atom. The average molecular weight is 236 g/mol. The highest BCUT2D eigenvalue weighted by Gasteiger charge is 2.45. The molecule has 17 heavy (non-hydrogen) atoms.